The van der Waals surface area contributed by atoms with Crippen LogP contribution in [-0.2, 0) is 9.53 Å². The van der Waals surface area contributed by atoms with Gasteiger partial charge in [-0.05, 0) is 48.5 Å². The van der Waals surface area contributed by atoms with Gasteiger partial charge in [0.25, 0.3) is 5.91 Å². The second-order valence-electron chi connectivity index (χ2n) is 7.45. The molecule has 0 spiro atoms. The molecular weight excluding hydrogens is 536 g/mol. The average molecular weight is 557 g/mol. The summed E-state index contributed by atoms with van der Waals surface area (Å²) in [6.45, 7) is 0.0831. The van der Waals surface area contributed by atoms with E-state index in [0.717, 1.165) is 6.08 Å². The quantitative estimate of drug-likeness (QED) is 0.178. The second-order valence-corrected chi connectivity index (χ2v) is 8.37. The van der Waals surface area contributed by atoms with E-state index in [-0.39, 0.29) is 18.1 Å². The predicted octanol–water partition coefficient (Wildman–Crippen LogP) is 4.68. The summed E-state index contributed by atoms with van der Waals surface area (Å²) in [4.78, 5) is 24.6. The van der Waals surface area contributed by atoms with Crippen LogP contribution in [0.5, 0.6) is 23.0 Å². The first-order valence-electron chi connectivity index (χ1n) is 10.6. The summed E-state index contributed by atoms with van der Waals surface area (Å²) in [5.41, 5.74) is 2.09. The molecule has 36 heavy (non-hydrogen) atoms. The number of rotatable bonds is 8. The zero-order chi connectivity index (χ0) is 25.5. The topological polar surface area (TPSA) is 136 Å². The first kappa shape index (κ1) is 24.9. The van der Waals surface area contributed by atoms with E-state index >= 15 is 0 Å². The fourth-order valence-electron chi connectivity index (χ4n) is 3.38. The monoisotopic (exact) mass is 556 g/mol. The Morgan fingerprint density at radius 1 is 1.03 bits per heavy atom. The molecule has 4 N–H and O–H groups in total. The van der Waals surface area contributed by atoms with E-state index < -0.39 is 24.2 Å². The molecule has 0 radical (unpaired) electrons. The minimum atomic E-state index is -1.22. The Morgan fingerprint density at radius 2 is 1.81 bits per heavy atom. The van der Waals surface area contributed by atoms with Crippen molar-refractivity contribution in [1.82, 2.24) is 5.48 Å². The highest BCUT2D eigenvalue weighted by molar-refractivity contribution is 9.10. The van der Waals surface area contributed by atoms with E-state index in [1.807, 2.05) is 0 Å². The zero-order valence-corrected chi connectivity index (χ0v) is 20.2. The number of carbonyl (C=O) groups is 2. The molecule has 1 aliphatic heterocycles. The van der Waals surface area contributed by atoms with Gasteiger partial charge in [0.2, 0.25) is 6.79 Å². The molecule has 1 heterocycles. The van der Waals surface area contributed by atoms with Crippen molar-refractivity contribution in [2.24, 2.45) is 0 Å². The Morgan fingerprint density at radius 3 is 2.58 bits per heavy atom. The third-order valence-electron chi connectivity index (χ3n) is 5.01. The van der Waals surface area contributed by atoms with Crippen molar-refractivity contribution in [3.05, 3.63) is 88.9 Å². The van der Waals surface area contributed by atoms with Gasteiger partial charge in [-0.2, -0.15) is 0 Å². The van der Waals surface area contributed by atoms with Crippen LogP contribution >= 0.6 is 15.9 Å². The van der Waals surface area contributed by atoms with Crippen LogP contribution in [0.4, 0.5) is 10.5 Å². The van der Waals surface area contributed by atoms with E-state index in [2.05, 4.69) is 21.2 Å². The number of carbonyl (C=O) groups excluding carboxylic acids is 2. The average Bonchev–Trinajstić information content (AvgIpc) is 3.35. The number of phenols is 1. The van der Waals surface area contributed by atoms with Crippen LogP contribution in [0.15, 0.2) is 83.4 Å². The molecule has 2 atom stereocenters. The van der Waals surface area contributed by atoms with Crippen molar-refractivity contribution >= 4 is 33.6 Å². The number of anilines is 1. The standard InChI is InChI=1S/C25H21BrN2O8/c26-15-6-8-19(29)18(12-15)24(21(10-11-23(30)28-32)35-17-4-2-1-3-5-17)36-25(31)27-16-7-9-20-22(13-16)34-14-33-20/h1-13,21,24,29,32H,14H2,(H,27,31)(H,28,30)/b11-10+/t21-,24-/m0/s1. The fraction of sp³-hybridized carbons (Fsp3) is 0.120. The van der Waals surface area contributed by atoms with Gasteiger partial charge < -0.3 is 24.1 Å². The lowest BCUT2D eigenvalue weighted by Gasteiger charge is -2.27. The highest BCUT2D eigenvalue weighted by atomic mass is 79.9. The van der Waals surface area contributed by atoms with Crippen molar-refractivity contribution in [3.63, 3.8) is 0 Å². The number of fused-ring (bicyclic) bond motifs is 1. The summed E-state index contributed by atoms with van der Waals surface area (Å²) in [6.07, 6.45) is -0.849. The molecule has 0 saturated carbocycles. The van der Waals surface area contributed by atoms with Crippen LogP contribution in [0.3, 0.4) is 0 Å². The fourth-order valence-corrected chi connectivity index (χ4v) is 3.75. The number of hydroxylamine groups is 1. The Balaban J connectivity index is 1.65. The van der Waals surface area contributed by atoms with E-state index in [0.29, 0.717) is 27.4 Å². The summed E-state index contributed by atoms with van der Waals surface area (Å²) in [5, 5.41) is 22.1. The van der Waals surface area contributed by atoms with Crippen molar-refractivity contribution in [2.45, 2.75) is 12.2 Å². The van der Waals surface area contributed by atoms with Crippen molar-refractivity contribution in [2.75, 3.05) is 12.1 Å². The van der Waals surface area contributed by atoms with E-state index in [4.69, 9.17) is 24.2 Å². The van der Waals surface area contributed by atoms with Gasteiger partial charge in [-0.15, -0.1) is 0 Å². The van der Waals surface area contributed by atoms with Gasteiger partial charge in [0.15, 0.2) is 23.7 Å². The number of nitrogens with one attached hydrogen (secondary N) is 2. The normalized spacial score (nSPS) is 13.6. The van der Waals surface area contributed by atoms with Gasteiger partial charge in [0, 0.05) is 27.9 Å². The lowest BCUT2D eigenvalue weighted by Crippen LogP contribution is -2.30. The molecule has 10 nitrogen and oxygen atoms in total. The second kappa shape index (κ2) is 11.5. The van der Waals surface area contributed by atoms with Gasteiger partial charge in [0.05, 0.1) is 0 Å². The molecule has 0 fully saturated rings. The highest BCUT2D eigenvalue weighted by Gasteiger charge is 2.30. The number of hydrogen-bond acceptors (Lipinski definition) is 8. The summed E-state index contributed by atoms with van der Waals surface area (Å²) in [5.74, 6) is 0.446. The van der Waals surface area contributed by atoms with Gasteiger partial charge in [-0.1, -0.05) is 34.1 Å². The zero-order valence-electron chi connectivity index (χ0n) is 18.6. The van der Waals surface area contributed by atoms with E-state index in [1.165, 1.54) is 17.6 Å². The molecule has 0 unspecified atom stereocenters. The van der Waals surface area contributed by atoms with Crippen LogP contribution in [0.1, 0.15) is 11.7 Å². The Bertz CT molecular complexity index is 1270. The molecule has 11 heteroatoms. The van der Waals surface area contributed by atoms with Crippen LogP contribution in [0.25, 0.3) is 0 Å². The SMILES string of the molecule is O=C(/C=C/[C@H](Oc1ccccc1)[C@@H](OC(=O)Nc1ccc2c(c1)OCO2)c1cc(Br)ccc1O)NO. The Labute approximate surface area is 214 Å². The molecule has 0 aliphatic carbocycles. The third kappa shape index (κ3) is 6.26. The number of amides is 2. The molecule has 3 aromatic rings. The highest BCUT2D eigenvalue weighted by Crippen LogP contribution is 2.36. The molecule has 0 aromatic heterocycles. The molecule has 0 bridgehead atoms. The molecule has 4 rings (SSSR count). The number of para-hydroxylation sites is 1. The first-order valence-corrected chi connectivity index (χ1v) is 11.4. The van der Waals surface area contributed by atoms with E-state index in [1.54, 1.807) is 60.7 Å². The van der Waals surface area contributed by atoms with Gasteiger partial charge >= 0.3 is 6.09 Å². The lowest BCUT2D eigenvalue weighted by molar-refractivity contribution is -0.124. The van der Waals surface area contributed by atoms with Gasteiger partial charge in [-0.25, -0.2) is 10.3 Å². The first-order chi connectivity index (χ1) is 17.4. The number of phenolic OH excluding ortho intramolecular Hbond substituents is 1. The summed E-state index contributed by atoms with van der Waals surface area (Å²) < 4.78 is 23.0. The number of aromatic hydroxyl groups is 1. The summed E-state index contributed by atoms with van der Waals surface area (Å²) >= 11 is 3.35. The van der Waals surface area contributed by atoms with Gasteiger partial charge in [0.1, 0.15) is 11.5 Å². The van der Waals surface area contributed by atoms with E-state index in [9.17, 15) is 14.7 Å². The molecule has 186 valence electrons. The van der Waals surface area contributed by atoms with Crippen LogP contribution in [0, 0.1) is 0 Å². The maximum absolute atomic E-state index is 12.9. The predicted molar refractivity (Wildman–Crippen MR) is 131 cm³/mol. The maximum Gasteiger partial charge on any atom is 0.412 e. The smallest absolute Gasteiger partial charge is 0.412 e. The number of halogens is 1. The lowest BCUT2D eigenvalue weighted by atomic mass is 10.0. The van der Waals surface area contributed by atoms with Crippen LogP contribution < -0.4 is 25.0 Å². The van der Waals surface area contributed by atoms with Crippen LogP contribution in [0.2, 0.25) is 0 Å². The molecule has 0 saturated heterocycles. The number of benzene rings is 3. The van der Waals surface area contributed by atoms with Crippen molar-refractivity contribution < 1.29 is 38.9 Å². The molecule has 1 aliphatic rings. The van der Waals surface area contributed by atoms with Crippen molar-refractivity contribution in [3.8, 4) is 23.0 Å². The Kier molecular flexibility index (Phi) is 7.93. The summed E-state index contributed by atoms with van der Waals surface area (Å²) in [7, 11) is 0. The molecule has 2 amide bonds. The molecular formula is C25H21BrN2O8. The van der Waals surface area contributed by atoms with Crippen LogP contribution in [-0.4, -0.2) is 35.2 Å². The number of ether oxygens (including phenoxy) is 4. The minimum absolute atomic E-state index is 0.0831. The van der Waals surface area contributed by atoms with Gasteiger partial charge in [-0.3, -0.25) is 15.3 Å². The maximum atomic E-state index is 12.9. The number of hydrogen-bond donors (Lipinski definition) is 4. The summed E-state index contributed by atoms with van der Waals surface area (Å²) in [6, 6.07) is 18.1. The third-order valence-corrected chi connectivity index (χ3v) is 5.50. The Hall–Kier alpha value is -4.22. The largest absolute Gasteiger partial charge is 0.508 e. The minimum Gasteiger partial charge on any atom is -0.508 e. The molecule has 3 aromatic carbocycles. The van der Waals surface area contributed by atoms with Crippen molar-refractivity contribution in [1.29, 1.82) is 0 Å².